The Kier molecular flexibility index (Phi) is 3.26. The maximum absolute atomic E-state index is 6.17. The van der Waals surface area contributed by atoms with E-state index in [9.17, 15) is 0 Å². The van der Waals surface area contributed by atoms with Crippen molar-refractivity contribution in [1.29, 1.82) is 0 Å². The van der Waals surface area contributed by atoms with Crippen molar-refractivity contribution in [2.24, 2.45) is 0 Å². The third-order valence-corrected chi connectivity index (χ3v) is 3.78. The van der Waals surface area contributed by atoms with Gasteiger partial charge in [-0.3, -0.25) is 0 Å². The molecule has 2 nitrogen and oxygen atoms in total. The van der Waals surface area contributed by atoms with Gasteiger partial charge < -0.3 is 10.1 Å². The van der Waals surface area contributed by atoms with Crippen LogP contribution in [-0.2, 0) is 0 Å². The quantitative estimate of drug-likeness (QED) is 0.879. The monoisotopic (exact) mass is 253 g/mol. The Morgan fingerprint density at radius 2 is 1.89 bits per heavy atom. The fourth-order valence-corrected chi connectivity index (χ4v) is 2.74. The van der Waals surface area contributed by atoms with Crippen LogP contribution in [-0.4, -0.2) is 7.05 Å². The van der Waals surface area contributed by atoms with E-state index in [2.05, 4.69) is 54.7 Å². The molecule has 0 saturated carbocycles. The van der Waals surface area contributed by atoms with Crippen LogP contribution in [0.2, 0.25) is 0 Å². The predicted molar refractivity (Wildman–Crippen MR) is 77.4 cm³/mol. The van der Waals surface area contributed by atoms with Crippen molar-refractivity contribution in [1.82, 2.24) is 5.32 Å². The van der Waals surface area contributed by atoms with E-state index in [-0.39, 0.29) is 6.10 Å². The third kappa shape index (κ3) is 2.36. The Balaban J connectivity index is 1.96. The molecule has 1 aliphatic rings. The number of benzene rings is 2. The number of ether oxygens (including phenoxy) is 1. The lowest BCUT2D eigenvalue weighted by Gasteiger charge is -2.32. The molecule has 19 heavy (non-hydrogen) atoms. The molecular formula is C17H19NO. The molecule has 0 aliphatic carbocycles. The molecule has 0 bridgehead atoms. The second-order valence-corrected chi connectivity index (χ2v) is 5.14. The molecule has 2 atom stereocenters. The molecule has 0 amide bonds. The number of rotatable bonds is 2. The van der Waals surface area contributed by atoms with Crippen molar-refractivity contribution < 1.29 is 4.74 Å². The second kappa shape index (κ2) is 5.06. The molecule has 1 N–H and O–H groups in total. The summed E-state index contributed by atoms with van der Waals surface area (Å²) in [4.78, 5) is 0. The molecule has 0 spiro atoms. The zero-order valence-electron chi connectivity index (χ0n) is 11.4. The van der Waals surface area contributed by atoms with Crippen molar-refractivity contribution >= 4 is 0 Å². The molecule has 98 valence electrons. The molecular weight excluding hydrogens is 234 g/mol. The van der Waals surface area contributed by atoms with Crippen LogP contribution in [0.4, 0.5) is 0 Å². The fraction of sp³-hybridized carbons (Fsp3) is 0.294. The summed E-state index contributed by atoms with van der Waals surface area (Å²) in [5.74, 6) is 1.00. The van der Waals surface area contributed by atoms with Crippen LogP contribution < -0.4 is 10.1 Å². The lowest BCUT2D eigenvalue weighted by Crippen LogP contribution is -2.26. The highest BCUT2D eigenvalue weighted by molar-refractivity contribution is 5.41. The van der Waals surface area contributed by atoms with E-state index < -0.39 is 0 Å². The number of hydrogen-bond donors (Lipinski definition) is 1. The van der Waals surface area contributed by atoms with Crippen LogP contribution in [0.1, 0.15) is 35.3 Å². The Morgan fingerprint density at radius 1 is 1.11 bits per heavy atom. The minimum Gasteiger partial charge on any atom is -0.485 e. The molecule has 0 aromatic heterocycles. The van der Waals surface area contributed by atoms with E-state index in [1.54, 1.807) is 0 Å². The molecule has 0 radical (unpaired) electrons. The second-order valence-electron chi connectivity index (χ2n) is 5.14. The van der Waals surface area contributed by atoms with Gasteiger partial charge in [-0.1, -0.05) is 48.0 Å². The SMILES string of the molecule is CNC1CC(c2ccccc2)Oc2ccc(C)cc21. The topological polar surface area (TPSA) is 21.3 Å². The Hall–Kier alpha value is -1.80. The van der Waals surface area contributed by atoms with Gasteiger partial charge in [0.1, 0.15) is 11.9 Å². The van der Waals surface area contributed by atoms with Crippen molar-refractivity contribution in [2.75, 3.05) is 7.05 Å². The highest BCUT2D eigenvalue weighted by atomic mass is 16.5. The summed E-state index contributed by atoms with van der Waals surface area (Å²) in [5, 5.41) is 3.41. The van der Waals surface area contributed by atoms with Gasteiger partial charge in [-0.05, 0) is 25.6 Å². The van der Waals surface area contributed by atoms with Crippen LogP contribution in [0.5, 0.6) is 5.75 Å². The molecule has 2 aromatic carbocycles. The van der Waals surface area contributed by atoms with Gasteiger partial charge >= 0.3 is 0 Å². The lowest BCUT2D eigenvalue weighted by molar-refractivity contribution is 0.154. The van der Waals surface area contributed by atoms with Gasteiger partial charge in [-0.25, -0.2) is 0 Å². The van der Waals surface area contributed by atoms with Crippen LogP contribution in [0.3, 0.4) is 0 Å². The summed E-state index contributed by atoms with van der Waals surface area (Å²) in [6, 6.07) is 17.2. The van der Waals surface area contributed by atoms with E-state index in [0.29, 0.717) is 6.04 Å². The van der Waals surface area contributed by atoms with Crippen molar-refractivity contribution in [3.63, 3.8) is 0 Å². The summed E-state index contributed by atoms with van der Waals surface area (Å²) in [5.41, 5.74) is 3.80. The highest BCUT2D eigenvalue weighted by Gasteiger charge is 2.28. The standard InChI is InChI=1S/C17H19NO/c1-12-8-9-16-14(10-12)15(18-2)11-17(19-16)13-6-4-3-5-7-13/h3-10,15,17-18H,11H2,1-2H3. The molecule has 0 fully saturated rings. The van der Waals surface area contributed by atoms with Crippen LogP contribution in [0.25, 0.3) is 0 Å². The Bertz CT molecular complexity index is 565. The number of hydrogen-bond acceptors (Lipinski definition) is 2. The summed E-state index contributed by atoms with van der Waals surface area (Å²) in [6.07, 6.45) is 1.10. The Morgan fingerprint density at radius 3 is 2.63 bits per heavy atom. The van der Waals surface area contributed by atoms with Gasteiger partial charge in [-0.15, -0.1) is 0 Å². The minimum atomic E-state index is 0.133. The van der Waals surface area contributed by atoms with Crippen LogP contribution >= 0.6 is 0 Å². The number of aryl methyl sites for hydroxylation is 1. The molecule has 3 rings (SSSR count). The average Bonchev–Trinajstić information content (AvgIpc) is 2.47. The van der Waals surface area contributed by atoms with Crippen molar-refractivity contribution in [3.8, 4) is 5.75 Å². The average molecular weight is 253 g/mol. The van der Waals surface area contributed by atoms with E-state index in [4.69, 9.17) is 4.74 Å². The van der Waals surface area contributed by atoms with Gasteiger partial charge in [0.15, 0.2) is 0 Å². The molecule has 0 saturated heterocycles. The maximum Gasteiger partial charge on any atom is 0.126 e. The predicted octanol–water partition coefficient (Wildman–Crippen LogP) is 3.78. The lowest BCUT2D eigenvalue weighted by atomic mass is 9.92. The van der Waals surface area contributed by atoms with E-state index in [1.807, 2.05) is 13.1 Å². The summed E-state index contributed by atoms with van der Waals surface area (Å²) in [7, 11) is 2.02. The van der Waals surface area contributed by atoms with Crippen LogP contribution in [0.15, 0.2) is 48.5 Å². The largest absolute Gasteiger partial charge is 0.485 e. The van der Waals surface area contributed by atoms with E-state index in [1.165, 1.54) is 16.7 Å². The summed E-state index contributed by atoms with van der Waals surface area (Å²) in [6.45, 7) is 2.12. The van der Waals surface area contributed by atoms with Gasteiger partial charge in [0, 0.05) is 18.0 Å². The van der Waals surface area contributed by atoms with Crippen LogP contribution in [0, 0.1) is 6.92 Å². The van der Waals surface area contributed by atoms with Crippen molar-refractivity contribution in [2.45, 2.75) is 25.5 Å². The molecule has 2 heteroatoms. The van der Waals surface area contributed by atoms with Crippen molar-refractivity contribution in [3.05, 3.63) is 65.2 Å². The first-order valence-corrected chi connectivity index (χ1v) is 6.77. The molecule has 1 aliphatic heterocycles. The summed E-state index contributed by atoms with van der Waals surface area (Å²) >= 11 is 0. The highest BCUT2D eigenvalue weighted by Crippen LogP contribution is 2.40. The smallest absolute Gasteiger partial charge is 0.126 e. The zero-order chi connectivity index (χ0) is 13.2. The number of fused-ring (bicyclic) bond motifs is 1. The molecule has 2 unspecified atom stereocenters. The van der Waals surface area contributed by atoms with Gasteiger partial charge in [0.2, 0.25) is 0 Å². The fourth-order valence-electron chi connectivity index (χ4n) is 2.74. The first-order chi connectivity index (χ1) is 9.28. The zero-order valence-corrected chi connectivity index (χ0v) is 11.4. The van der Waals surface area contributed by atoms with E-state index >= 15 is 0 Å². The van der Waals surface area contributed by atoms with Gasteiger partial charge in [-0.2, -0.15) is 0 Å². The van der Waals surface area contributed by atoms with E-state index in [0.717, 1.165) is 12.2 Å². The maximum atomic E-state index is 6.17. The minimum absolute atomic E-state index is 0.133. The van der Waals surface area contributed by atoms with Gasteiger partial charge in [0.25, 0.3) is 0 Å². The normalized spacial score (nSPS) is 21.6. The molecule has 1 heterocycles. The number of nitrogens with one attached hydrogen (secondary N) is 1. The first-order valence-electron chi connectivity index (χ1n) is 6.77. The van der Waals surface area contributed by atoms with Gasteiger partial charge in [0.05, 0.1) is 0 Å². The first kappa shape index (κ1) is 12.2. The molecule has 2 aromatic rings. The third-order valence-electron chi connectivity index (χ3n) is 3.78. The Labute approximate surface area is 114 Å². The summed E-state index contributed by atoms with van der Waals surface area (Å²) < 4.78 is 6.17.